The fourth-order valence-electron chi connectivity index (χ4n) is 8.11. The van der Waals surface area contributed by atoms with E-state index in [4.69, 9.17) is 35.7 Å². The van der Waals surface area contributed by atoms with Gasteiger partial charge >= 0.3 is 23.9 Å². The molecule has 0 aromatic carbocycles. The van der Waals surface area contributed by atoms with Crippen LogP contribution in [0.5, 0.6) is 0 Å². The predicted octanol–water partition coefficient (Wildman–Crippen LogP) is 19.3. The van der Waals surface area contributed by atoms with E-state index in [1.807, 2.05) is 0 Å². The lowest BCUT2D eigenvalue weighted by Gasteiger charge is -2.24. The van der Waals surface area contributed by atoms with Crippen molar-refractivity contribution in [3.63, 3.8) is 0 Å². The van der Waals surface area contributed by atoms with Crippen molar-refractivity contribution in [1.82, 2.24) is 0 Å². The molecule has 16 heteroatoms. The van der Waals surface area contributed by atoms with Gasteiger partial charge in [-0.05, 0) is 48.7 Å². The highest BCUT2D eigenvalue weighted by atomic mass is 32.2. The number of aliphatic carboxylic acids is 4. The Kier molecular flexibility index (Phi) is 89.9. The van der Waals surface area contributed by atoms with Crippen molar-refractivity contribution in [2.75, 3.05) is 71.6 Å². The van der Waals surface area contributed by atoms with Crippen LogP contribution in [0, 0.1) is 5.41 Å². The molecule has 0 aliphatic rings. The minimum Gasteiger partial charge on any atom is -0.481 e. The summed E-state index contributed by atoms with van der Waals surface area (Å²) in [6.07, 6.45) is 55.9. The second kappa shape index (κ2) is 81.6. The van der Waals surface area contributed by atoms with Crippen LogP contribution in [0.15, 0.2) is 0 Å². The van der Waals surface area contributed by atoms with Gasteiger partial charge in [-0.1, -0.05) is 259 Å². The summed E-state index contributed by atoms with van der Waals surface area (Å²) in [6.45, 7) is 8.34. The SMILES string of the molecule is CCCCCCCCCCCCSCCC(=O)O.CCCCCCCCCCCCSCCC(=O)O.CCCCCCCCCCCCSCCC(=O)O.CCCCCCCCCCCCSCCC(=O)O.OCC(CO)(CO)CS. The van der Waals surface area contributed by atoms with Crippen molar-refractivity contribution >= 4 is 83.6 Å². The summed E-state index contributed by atoms with van der Waals surface area (Å²) < 4.78 is 0. The second-order valence-electron chi connectivity index (χ2n) is 21.9. The van der Waals surface area contributed by atoms with E-state index in [0.717, 1.165) is 46.0 Å². The number of carbonyl (C=O) groups is 4. The van der Waals surface area contributed by atoms with Crippen molar-refractivity contribution in [3.8, 4) is 0 Å². The molecule has 0 aliphatic carbocycles. The van der Waals surface area contributed by atoms with Gasteiger partial charge in [-0.2, -0.15) is 59.7 Å². The van der Waals surface area contributed by atoms with Gasteiger partial charge in [0.2, 0.25) is 0 Å². The third kappa shape index (κ3) is 93.4. The molecule has 0 spiro atoms. The second-order valence-corrected chi connectivity index (χ2v) is 27.1. The molecule has 0 bridgehead atoms. The minimum atomic E-state index is -0.802. The highest BCUT2D eigenvalue weighted by Gasteiger charge is 2.25. The van der Waals surface area contributed by atoms with Crippen molar-refractivity contribution in [2.24, 2.45) is 5.41 Å². The van der Waals surface area contributed by atoms with Gasteiger partial charge in [0.1, 0.15) is 0 Å². The maximum Gasteiger partial charge on any atom is 0.304 e. The Labute approximate surface area is 522 Å². The van der Waals surface area contributed by atoms with Gasteiger partial charge in [0.05, 0.1) is 45.5 Å². The normalized spacial score (nSPS) is 10.9. The smallest absolute Gasteiger partial charge is 0.304 e. The van der Waals surface area contributed by atoms with Gasteiger partial charge in [0.25, 0.3) is 0 Å². The van der Waals surface area contributed by atoms with E-state index < -0.39 is 29.3 Å². The molecule has 0 aromatic rings. The molecule has 0 aliphatic heterocycles. The third-order valence-corrected chi connectivity index (χ3v) is 18.7. The zero-order chi connectivity index (χ0) is 61.2. The van der Waals surface area contributed by atoms with E-state index in [2.05, 4.69) is 40.3 Å². The molecule has 488 valence electrons. The summed E-state index contributed by atoms with van der Waals surface area (Å²) in [7, 11) is 0. The molecule has 0 saturated heterocycles. The van der Waals surface area contributed by atoms with Crippen LogP contribution in [0.1, 0.15) is 310 Å². The van der Waals surface area contributed by atoms with Crippen LogP contribution in [0.2, 0.25) is 0 Å². The number of carboxylic acids is 4. The Bertz CT molecular complexity index is 1040. The first-order valence-corrected chi connectivity index (χ1v) is 38.2. The number of rotatable bonds is 60. The van der Waals surface area contributed by atoms with E-state index in [0.29, 0.717) is 25.7 Å². The van der Waals surface area contributed by atoms with Crippen LogP contribution < -0.4 is 0 Å². The molecule has 11 nitrogen and oxygen atoms in total. The maximum atomic E-state index is 10.3. The lowest BCUT2D eigenvalue weighted by molar-refractivity contribution is -0.137. The first-order valence-electron chi connectivity index (χ1n) is 32.9. The average molecular weight is 1250 g/mol. The summed E-state index contributed by atoms with van der Waals surface area (Å²) in [5.74, 6) is 5.18. The van der Waals surface area contributed by atoms with Crippen molar-refractivity contribution < 1.29 is 54.9 Å². The Hall–Kier alpha value is -0.490. The zero-order valence-electron chi connectivity index (χ0n) is 52.9. The van der Waals surface area contributed by atoms with Crippen LogP contribution in [-0.2, 0) is 19.2 Å². The number of unbranched alkanes of at least 4 members (excludes halogenated alkanes) is 36. The molecule has 0 radical (unpaired) electrons. The molecule has 0 saturated carbocycles. The van der Waals surface area contributed by atoms with Crippen LogP contribution >= 0.6 is 59.7 Å². The van der Waals surface area contributed by atoms with Gasteiger partial charge in [-0.25, -0.2) is 0 Å². The van der Waals surface area contributed by atoms with E-state index in [9.17, 15) is 19.2 Å². The molecular weight excluding hydrogens is 1120 g/mol. The van der Waals surface area contributed by atoms with Gasteiger partial charge in [0, 0.05) is 34.2 Å². The highest BCUT2D eigenvalue weighted by Crippen LogP contribution is 2.18. The predicted molar refractivity (Wildman–Crippen MR) is 363 cm³/mol. The topological polar surface area (TPSA) is 210 Å². The number of thioether (sulfide) groups is 4. The molecule has 81 heavy (non-hydrogen) atoms. The number of thiol groups is 1. The molecule has 0 heterocycles. The highest BCUT2D eigenvalue weighted by molar-refractivity contribution is 7.99. The number of hydrogen-bond acceptors (Lipinski definition) is 12. The van der Waals surface area contributed by atoms with Crippen molar-refractivity contribution in [2.45, 2.75) is 310 Å². The largest absolute Gasteiger partial charge is 0.481 e. The monoisotopic (exact) mass is 1250 g/mol. The summed E-state index contributed by atoms with van der Waals surface area (Å²) in [6, 6.07) is 0. The Morgan fingerprint density at radius 3 is 0.531 bits per heavy atom. The first-order chi connectivity index (χ1) is 39.3. The summed E-state index contributed by atoms with van der Waals surface area (Å²) in [4.78, 5) is 41.1. The van der Waals surface area contributed by atoms with Crippen molar-refractivity contribution in [3.05, 3.63) is 0 Å². The van der Waals surface area contributed by atoms with Gasteiger partial charge in [-0.15, -0.1) is 0 Å². The van der Waals surface area contributed by atoms with Crippen LogP contribution in [-0.4, -0.2) is 131 Å². The van der Waals surface area contributed by atoms with Gasteiger partial charge in [0.15, 0.2) is 0 Å². The molecule has 0 rings (SSSR count). The molecule has 0 amide bonds. The lowest BCUT2D eigenvalue weighted by Crippen LogP contribution is -2.35. The minimum absolute atomic E-state index is 0.233. The molecule has 0 unspecified atom stereocenters. The van der Waals surface area contributed by atoms with E-state index >= 15 is 0 Å². The number of aliphatic hydroxyl groups excluding tert-OH is 3. The Balaban J connectivity index is -0.000000302. The average Bonchev–Trinajstić information content (AvgIpc) is 3.45. The lowest BCUT2D eigenvalue weighted by atomic mass is 9.94. The molecule has 0 fully saturated rings. The van der Waals surface area contributed by atoms with Gasteiger partial charge in [-0.3, -0.25) is 19.2 Å². The maximum absolute atomic E-state index is 10.3. The first kappa shape index (κ1) is 89.3. The third-order valence-electron chi connectivity index (χ3n) is 13.8. The molecule has 7 N–H and O–H groups in total. The van der Waals surface area contributed by atoms with Crippen LogP contribution in [0.25, 0.3) is 0 Å². The molecule has 0 atom stereocenters. The Morgan fingerprint density at radius 2 is 0.420 bits per heavy atom. The summed E-state index contributed by atoms with van der Waals surface area (Å²) in [5, 5.41) is 59.7. The molecular formula is C65H132O11S5. The fraction of sp³-hybridized carbons (Fsp3) is 0.938. The zero-order valence-corrected chi connectivity index (χ0v) is 57.1. The summed E-state index contributed by atoms with van der Waals surface area (Å²) >= 11 is 11.0. The van der Waals surface area contributed by atoms with E-state index in [-0.39, 0.29) is 25.6 Å². The molecule has 0 aromatic heterocycles. The van der Waals surface area contributed by atoms with Gasteiger partial charge < -0.3 is 35.7 Å². The number of carboxylic acid groups (broad SMARTS) is 4. The van der Waals surface area contributed by atoms with E-state index in [1.54, 1.807) is 47.0 Å². The fourth-order valence-corrected chi connectivity index (χ4v) is 12.1. The quantitative estimate of drug-likeness (QED) is 0.0210. The Morgan fingerprint density at radius 1 is 0.272 bits per heavy atom. The van der Waals surface area contributed by atoms with Crippen LogP contribution in [0.4, 0.5) is 0 Å². The standard InChI is InChI=1S/4C15H30O2S.C5H12O3S/c4*1-2-3-4-5-6-7-8-9-10-11-13-18-14-12-15(16)17;6-1-5(2-7,3-8)4-9/h4*2-14H2,1H3,(H,16,17);6-9H,1-4H2. The number of hydrogen-bond donors (Lipinski definition) is 8. The van der Waals surface area contributed by atoms with Crippen molar-refractivity contribution in [1.29, 1.82) is 0 Å². The summed E-state index contributed by atoms with van der Waals surface area (Å²) in [5.41, 5.74) is -0.802. The van der Waals surface area contributed by atoms with E-state index in [1.165, 1.54) is 257 Å². The number of aliphatic hydroxyl groups is 3. The van der Waals surface area contributed by atoms with Crippen LogP contribution in [0.3, 0.4) is 0 Å².